The molecule has 1 aromatic carbocycles. The fraction of sp³-hybridized carbons (Fsp3) is 0.533. The van der Waals surface area contributed by atoms with Gasteiger partial charge in [0.1, 0.15) is 11.6 Å². The number of carbonyl (C=O) groups is 1. The Hall–Kier alpha value is -1.49. The Balaban J connectivity index is 2.91. The Morgan fingerprint density at radius 1 is 1.20 bits per heavy atom. The van der Waals surface area contributed by atoms with E-state index in [0.29, 0.717) is 6.54 Å². The number of hydrogen-bond acceptors (Lipinski definition) is 2. The molecular weight excluding hydrogens is 264 g/mol. The second-order valence-electron chi connectivity index (χ2n) is 4.80. The molecule has 0 saturated heterocycles. The van der Waals surface area contributed by atoms with Crippen molar-refractivity contribution in [2.45, 2.75) is 33.1 Å². The molecule has 0 unspecified atom stereocenters. The molecule has 0 radical (unpaired) electrons. The van der Waals surface area contributed by atoms with Crippen LogP contribution in [-0.4, -0.2) is 35.6 Å². The Kier molecular flexibility index (Phi) is 6.58. The van der Waals surface area contributed by atoms with Crippen LogP contribution in [0.3, 0.4) is 0 Å². The molecule has 0 aliphatic rings. The summed E-state index contributed by atoms with van der Waals surface area (Å²) in [6.45, 7) is 3.83. The van der Waals surface area contributed by atoms with Gasteiger partial charge in [-0.1, -0.05) is 19.8 Å². The molecule has 5 heteroatoms. The minimum atomic E-state index is -0.729. The first-order chi connectivity index (χ1) is 9.51. The zero-order valence-electron chi connectivity index (χ0n) is 12.0. The average Bonchev–Trinajstić information content (AvgIpc) is 2.41. The molecule has 0 spiro atoms. The molecule has 0 saturated carbocycles. The van der Waals surface area contributed by atoms with Crippen molar-refractivity contribution in [2.24, 2.45) is 0 Å². The molecule has 1 N–H and O–H groups in total. The van der Waals surface area contributed by atoms with Crippen LogP contribution >= 0.6 is 0 Å². The molecular formula is C15H21F2NO2. The predicted molar refractivity (Wildman–Crippen MR) is 73.6 cm³/mol. The smallest absolute Gasteiger partial charge is 0.257 e. The Morgan fingerprint density at radius 3 is 2.50 bits per heavy atom. The lowest BCUT2D eigenvalue weighted by molar-refractivity contribution is 0.0713. The van der Waals surface area contributed by atoms with Gasteiger partial charge in [0.2, 0.25) is 0 Å². The zero-order valence-corrected chi connectivity index (χ0v) is 12.0. The maximum absolute atomic E-state index is 13.8. The molecule has 20 heavy (non-hydrogen) atoms. The monoisotopic (exact) mass is 285 g/mol. The number of carbonyl (C=O) groups excluding carboxylic acids is 1. The molecule has 3 nitrogen and oxygen atoms in total. The Labute approximate surface area is 118 Å². The van der Waals surface area contributed by atoms with E-state index < -0.39 is 17.5 Å². The van der Waals surface area contributed by atoms with E-state index in [9.17, 15) is 13.6 Å². The maximum Gasteiger partial charge on any atom is 0.257 e. The van der Waals surface area contributed by atoms with Crippen LogP contribution in [0, 0.1) is 18.6 Å². The third-order valence-electron chi connectivity index (χ3n) is 3.17. The summed E-state index contributed by atoms with van der Waals surface area (Å²) in [6, 6.07) is 1.95. The van der Waals surface area contributed by atoms with Gasteiger partial charge in [0.25, 0.3) is 5.91 Å². The zero-order chi connectivity index (χ0) is 15.1. The first-order valence-corrected chi connectivity index (χ1v) is 6.87. The molecule has 1 rings (SSSR count). The molecule has 0 fully saturated rings. The number of nitrogens with zero attached hydrogens (tertiary/aromatic N) is 1. The van der Waals surface area contributed by atoms with Gasteiger partial charge >= 0.3 is 0 Å². The lowest BCUT2D eigenvalue weighted by atomic mass is 10.1. The number of aliphatic hydroxyl groups excluding tert-OH is 1. The van der Waals surface area contributed by atoms with Crippen LogP contribution in [0.4, 0.5) is 8.78 Å². The van der Waals surface area contributed by atoms with Crippen molar-refractivity contribution in [2.75, 3.05) is 19.7 Å². The fourth-order valence-corrected chi connectivity index (χ4v) is 1.97. The van der Waals surface area contributed by atoms with Gasteiger partial charge in [-0.05, 0) is 31.0 Å². The molecule has 0 heterocycles. The standard InChI is InChI=1S/C15H21F2NO2/c1-3-4-5-6-18(7-8-19)15(20)12-10-13(16)11(2)9-14(12)17/h9-10,19H,3-8H2,1-2H3. The van der Waals surface area contributed by atoms with Crippen molar-refractivity contribution in [3.05, 3.63) is 34.9 Å². The minimum absolute atomic E-state index is 0.123. The molecule has 0 atom stereocenters. The summed E-state index contributed by atoms with van der Waals surface area (Å²) in [5.74, 6) is -1.91. The van der Waals surface area contributed by atoms with Gasteiger partial charge in [0.05, 0.1) is 12.2 Å². The summed E-state index contributed by atoms with van der Waals surface area (Å²) >= 11 is 0. The van der Waals surface area contributed by atoms with Crippen molar-refractivity contribution in [3.63, 3.8) is 0 Å². The van der Waals surface area contributed by atoms with Crippen molar-refractivity contribution in [3.8, 4) is 0 Å². The minimum Gasteiger partial charge on any atom is -0.395 e. The number of hydrogen-bond donors (Lipinski definition) is 1. The van der Waals surface area contributed by atoms with Crippen molar-refractivity contribution >= 4 is 5.91 Å². The van der Waals surface area contributed by atoms with E-state index in [-0.39, 0.29) is 24.3 Å². The molecule has 0 aliphatic heterocycles. The lowest BCUT2D eigenvalue weighted by Gasteiger charge is -2.22. The second-order valence-corrected chi connectivity index (χ2v) is 4.80. The highest BCUT2D eigenvalue weighted by Crippen LogP contribution is 2.16. The van der Waals surface area contributed by atoms with Crippen LogP contribution < -0.4 is 0 Å². The van der Waals surface area contributed by atoms with Gasteiger partial charge in [0.15, 0.2) is 0 Å². The van der Waals surface area contributed by atoms with E-state index in [1.165, 1.54) is 11.8 Å². The van der Waals surface area contributed by atoms with E-state index >= 15 is 0 Å². The number of halogens is 2. The third kappa shape index (κ3) is 4.27. The largest absolute Gasteiger partial charge is 0.395 e. The molecule has 0 aromatic heterocycles. The quantitative estimate of drug-likeness (QED) is 0.783. The highest BCUT2D eigenvalue weighted by atomic mass is 19.1. The van der Waals surface area contributed by atoms with Gasteiger partial charge in [-0.3, -0.25) is 4.79 Å². The number of aliphatic hydroxyl groups is 1. The third-order valence-corrected chi connectivity index (χ3v) is 3.17. The summed E-state index contributed by atoms with van der Waals surface area (Å²) in [6.07, 6.45) is 2.72. The summed E-state index contributed by atoms with van der Waals surface area (Å²) in [5.41, 5.74) is -0.114. The first-order valence-electron chi connectivity index (χ1n) is 6.87. The van der Waals surface area contributed by atoms with E-state index in [4.69, 9.17) is 5.11 Å². The SMILES string of the molecule is CCCCCN(CCO)C(=O)c1cc(F)c(C)cc1F. The summed E-state index contributed by atoms with van der Waals surface area (Å²) < 4.78 is 27.3. The molecule has 1 aromatic rings. The predicted octanol–water partition coefficient (Wildman–Crippen LogP) is 2.90. The maximum atomic E-state index is 13.8. The summed E-state index contributed by atoms with van der Waals surface area (Å²) in [7, 11) is 0. The van der Waals surface area contributed by atoms with Crippen LogP contribution in [0.2, 0.25) is 0 Å². The lowest BCUT2D eigenvalue weighted by Crippen LogP contribution is -2.35. The van der Waals surface area contributed by atoms with Crippen LogP contribution in [0.5, 0.6) is 0 Å². The van der Waals surface area contributed by atoms with Crippen molar-refractivity contribution in [1.82, 2.24) is 4.90 Å². The van der Waals surface area contributed by atoms with E-state index in [2.05, 4.69) is 0 Å². The van der Waals surface area contributed by atoms with Gasteiger partial charge < -0.3 is 10.0 Å². The molecule has 0 aliphatic carbocycles. The van der Waals surface area contributed by atoms with Gasteiger partial charge in [-0.25, -0.2) is 8.78 Å². The average molecular weight is 285 g/mol. The number of unbranched alkanes of at least 4 members (excludes halogenated alkanes) is 2. The van der Waals surface area contributed by atoms with Crippen molar-refractivity contribution in [1.29, 1.82) is 0 Å². The number of amides is 1. The molecule has 0 bridgehead atoms. The van der Waals surface area contributed by atoms with E-state index in [0.717, 1.165) is 31.4 Å². The Bertz CT molecular complexity index is 463. The van der Waals surface area contributed by atoms with Crippen LogP contribution in [0.1, 0.15) is 42.1 Å². The number of rotatable bonds is 7. The summed E-state index contributed by atoms with van der Waals surface area (Å²) in [5, 5.41) is 9.00. The number of aryl methyl sites for hydroxylation is 1. The van der Waals surface area contributed by atoms with E-state index in [1.54, 1.807) is 0 Å². The molecule has 112 valence electrons. The van der Waals surface area contributed by atoms with Gasteiger partial charge in [-0.2, -0.15) is 0 Å². The summed E-state index contributed by atoms with van der Waals surface area (Å²) in [4.78, 5) is 13.6. The van der Waals surface area contributed by atoms with Crippen molar-refractivity contribution < 1.29 is 18.7 Å². The fourth-order valence-electron chi connectivity index (χ4n) is 1.97. The van der Waals surface area contributed by atoms with Crippen LogP contribution in [0.25, 0.3) is 0 Å². The number of benzene rings is 1. The van der Waals surface area contributed by atoms with Crippen LogP contribution in [0.15, 0.2) is 12.1 Å². The Morgan fingerprint density at radius 2 is 1.90 bits per heavy atom. The second kappa shape index (κ2) is 7.94. The van der Waals surface area contributed by atoms with E-state index in [1.807, 2.05) is 6.92 Å². The first kappa shape index (κ1) is 16.6. The normalized spacial score (nSPS) is 10.7. The molecule has 1 amide bonds. The van der Waals surface area contributed by atoms with Gasteiger partial charge in [0, 0.05) is 13.1 Å². The van der Waals surface area contributed by atoms with Crippen LogP contribution in [-0.2, 0) is 0 Å². The van der Waals surface area contributed by atoms with Gasteiger partial charge in [-0.15, -0.1) is 0 Å². The highest BCUT2D eigenvalue weighted by Gasteiger charge is 2.20. The highest BCUT2D eigenvalue weighted by molar-refractivity contribution is 5.94. The topological polar surface area (TPSA) is 40.5 Å².